The van der Waals surface area contributed by atoms with Crippen molar-refractivity contribution in [2.45, 2.75) is 32.6 Å². The Labute approximate surface area is 123 Å². The number of fused-ring (bicyclic) bond motifs is 1. The van der Waals surface area contributed by atoms with E-state index in [4.69, 9.17) is 0 Å². The molecule has 3 rings (SSSR count). The van der Waals surface area contributed by atoms with E-state index < -0.39 is 0 Å². The van der Waals surface area contributed by atoms with E-state index >= 15 is 0 Å². The Morgan fingerprint density at radius 2 is 1.86 bits per heavy atom. The monoisotopic (exact) mass is 286 g/mol. The summed E-state index contributed by atoms with van der Waals surface area (Å²) in [5.74, 6) is -0.337. The average Bonchev–Trinajstić information content (AvgIpc) is 2.75. The van der Waals surface area contributed by atoms with Crippen molar-refractivity contribution in [3.8, 4) is 0 Å². The van der Waals surface area contributed by atoms with Crippen LogP contribution < -0.4 is 0 Å². The Kier molecular flexibility index (Phi) is 3.86. The van der Waals surface area contributed by atoms with Gasteiger partial charge in [-0.25, -0.2) is 4.39 Å². The van der Waals surface area contributed by atoms with Crippen molar-refractivity contribution in [3.63, 3.8) is 0 Å². The standard InChI is InChI=1S/C17H19FN2O/c1-12-10-15(14-11-13(18)6-7-16(14)19-12)17(21)20-8-4-2-3-5-9-20/h6-7,10-11H,2-5,8-9H2,1H3. The molecule has 0 bridgehead atoms. The predicted octanol–water partition coefficient (Wildman–Crippen LogP) is 3.70. The number of aryl methyl sites for hydroxylation is 1. The van der Waals surface area contributed by atoms with Crippen LogP contribution in [0.3, 0.4) is 0 Å². The molecule has 0 radical (unpaired) electrons. The number of hydrogen-bond acceptors (Lipinski definition) is 2. The van der Waals surface area contributed by atoms with Crippen molar-refractivity contribution >= 4 is 16.8 Å². The minimum Gasteiger partial charge on any atom is -0.339 e. The van der Waals surface area contributed by atoms with Crippen molar-refractivity contribution in [1.82, 2.24) is 9.88 Å². The molecule has 1 aromatic heterocycles. The molecular formula is C17H19FN2O. The zero-order chi connectivity index (χ0) is 14.8. The molecule has 21 heavy (non-hydrogen) atoms. The third-order valence-electron chi connectivity index (χ3n) is 4.02. The molecule has 0 spiro atoms. The van der Waals surface area contributed by atoms with Crippen LogP contribution in [0.15, 0.2) is 24.3 Å². The number of likely N-dealkylation sites (tertiary alicyclic amines) is 1. The van der Waals surface area contributed by atoms with Gasteiger partial charge in [0.2, 0.25) is 0 Å². The molecule has 4 heteroatoms. The Hall–Kier alpha value is -1.97. The number of hydrogen-bond donors (Lipinski definition) is 0. The number of pyridine rings is 1. The molecule has 0 N–H and O–H groups in total. The summed E-state index contributed by atoms with van der Waals surface area (Å²) in [4.78, 5) is 19.1. The third kappa shape index (κ3) is 2.89. The van der Waals surface area contributed by atoms with E-state index in [1.807, 2.05) is 11.8 Å². The molecule has 2 heterocycles. The largest absolute Gasteiger partial charge is 0.339 e. The minimum atomic E-state index is -0.335. The second-order valence-electron chi connectivity index (χ2n) is 5.68. The fourth-order valence-corrected chi connectivity index (χ4v) is 2.95. The molecule has 0 saturated carbocycles. The van der Waals surface area contributed by atoms with E-state index in [-0.39, 0.29) is 11.7 Å². The van der Waals surface area contributed by atoms with Gasteiger partial charge in [-0.05, 0) is 44.0 Å². The summed E-state index contributed by atoms with van der Waals surface area (Å²) in [7, 11) is 0. The van der Waals surface area contributed by atoms with Crippen molar-refractivity contribution in [3.05, 3.63) is 41.3 Å². The third-order valence-corrected chi connectivity index (χ3v) is 4.02. The lowest BCUT2D eigenvalue weighted by Gasteiger charge is -2.21. The van der Waals surface area contributed by atoms with Gasteiger partial charge < -0.3 is 4.90 Å². The number of aromatic nitrogens is 1. The van der Waals surface area contributed by atoms with Gasteiger partial charge in [-0.3, -0.25) is 9.78 Å². The Balaban J connectivity index is 2.05. The van der Waals surface area contributed by atoms with E-state index in [9.17, 15) is 9.18 Å². The lowest BCUT2D eigenvalue weighted by atomic mass is 10.1. The van der Waals surface area contributed by atoms with Crippen LogP contribution in [0, 0.1) is 12.7 Å². The topological polar surface area (TPSA) is 33.2 Å². The van der Waals surface area contributed by atoms with Gasteiger partial charge in [-0.1, -0.05) is 12.8 Å². The molecule has 0 unspecified atom stereocenters. The fraction of sp³-hybridized carbons (Fsp3) is 0.412. The van der Waals surface area contributed by atoms with E-state index in [2.05, 4.69) is 4.98 Å². The highest BCUT2D eigenvalue weighted by Crippen LogP contribution is 2.22. The summed E-state index contributed by atoms with van der Waals surface area (Å²) in [6.07, 6.45) is 4.44. The maximum Gasteiger partial charge on any atom is 0.254 e. The van der Waals surface area contributed by atoms with Crippen LogP contribution in [0.4, 0.5) is 4.39 Å². The normalized spacial score (nSPS) is 16.0. The van der Waals surface area contributed by atoms with Gasteiger partial charge in [-0.15, -0.1) is 0 Å². The Bertz CT molecular complexity index is 676. The van der Waals surface area contributed by atoms with Crippen molar-refractivity contribution in [2.75, 3.05) is 13.1 Å². The first-order chi connectivity index (χ1) is 10.1. The van der Waals surface area contributed by atoms with Gasteiger partial charge in [0.05, 0.1) is 11.1 Å². The van der Waals surface area contributed by atoms with Crippen molar-refractivity contribution < 1.29 is 9.18 Å². The van der Waals surface area contributed by atoms with Crippen LogP contribution in [-0.2, 0) is 0 Å². The van der Waals surface area contributed by atoms with E-state index in [0.717, 1.165) is 31.6 Å². The van der Waals surface area contributed by atoms with Crippen molar-refractivity contribution in [1.29, 1.82) is 0 Å². The van der Waals surface area contributed by atoms with Crippen LogP contribution >= 0.6 is 0 Å². The average molecular weight is 286 g/mol. The molecule has 1 aliphatic rings. The number of halogens is 1. The smallest absolute Gasteiger partial charge is 0.254 e. The maximum absolute atomic E-state index is 13.5. The van der Waals surface area contributed by atoms with Gasteiger partial charge in [0, 0.05) is 24.2 Å². The Morgan fingerprint density at radius 1 is 1.14 bits per heavy atom. The number of carbonyl (C=O) groups is 1. The molecule has 1 aromatic carbocycles. The molecule has 1 aliphatic heterocycles. The summed E-state index contributed by atoms with van der Waals surface area (Å²) in [5.41, 5.74) is 2.03. The zero-order valence-corrected chi connectivity index (χ0v) is 12.2. The highest BCUT2D eigenvalue weighted by Gasteiger charge is 2.20. The number of rotatable bonds is 1. The maximum atomic E-state index is 13.5. The quantitative estimate of drug-likeness (QED) is 0.801. The second-order valence-corrected chi connectivity index (χ2v) is 5.68. The first-order valence-electron chi connectivity index (χ1n) is 7.51. The van der Waals surface area contributed by atoms with E-state index in [1.54, 1.807) is 12.1 Å². The molecule has 1 saturated heterocycles. The van der Waals surface area contributed by atoms with Gasteiger partial charge >= 0.3 is 0 Å². The summed E-state index contributed by atoms with van der Waals surface area (Å²) >= 11 is 0. The van der Waals surface area contributed by atoms with Crippen LogP contribution in [0.25, 0.3) is 10.9 Å². The molecule has 0 aliphatic carbocycles. The summed E-state index contributed by atoms with van der Waals surface area (Å²) < 4.78 is 13.5. The van der Waals surface area contributed by atoms with E-state index in [0.29, 0.717) is 16.5 Å². The minimum absolute atomic E-state index is 0.00185. The lowest BCUT2D eigenvalue weighted by Crippen LogP contribution is -2.32. The van der Waals surface area contributed by atoms with Crippen LogP contribution in [-0.4, -0.2) is 28.9 Å². The number of carbonyl (C=O) groups excluding carboxylic acids is 1. The molecule has 0 atom stereocenters. The van der Waals surface area contributed by atoms with Crippen LogP contribution in [0.5, 0.6) is 0 Å². The second kappa shape index (κ2) is 5.80. The van der Waals surface area contributed by atoms with Crippen molar-refractivity contribution in [2.24, 2.45) is 0 Å². The summed E-state index contributed by atoms with van der Waals surface area (Å²) in [6.45, 7) is 3.44. The lowest BCUT2D eigenvalue weighted by molar-refractivity contribution is 0.0763. The molecule has 1 amide bonds. The first-order valence-corrected chi connectivity index (χ1v) is 7.51. The van der Waals surface area contributed by atoms with Crippen LogP contribution in [0.1, 0.15) is 41.7 Å². The SMILES string of the molecule is Cc1cc(C(=O)N2CCCCCC2)c2cc(F)ccc2n1. The predicted molar refractivity (Wildman–Crippen MR) is 80.8 cm³/mol. The molecule has 1 fully saturated rings. The molecule has 2 aromatic rings. The fourth-order valence-electron chi connectivity index (χ4n) is 2.95. The summed E-state index contributed by atoms with van der Waals surface area (Å²) in [6, 6.07) is 6.20. The number of nitrogens with zero attached hydrogens (tertiary/aromatic N) is 2. The Morgan fingerprint density at radius 3 is 2.57 bits per heavy atom. The van der Waals surface area contributed by atoms with Gasteiger partial charge in [0.25, 0.3) is 5.91 Å². The number of amides is 1. The summed E-state index contributed by atoms with van der Waals surface area (Å²) in [5, 5.41) is 0.606. The highest BCUT2D eigenvalue weighted by atomic mass is 19.1. The number of benzene rings is 1. The van der Waals surface area contributed by atoms with Crippen LogP contribution in [0.2, 0.25) is 0 Å². The van der Waals surface area contributed by atoms with Gasteiger partial charge in [0.1, 0.15) is 5.82 Å². The highest BCUT2D eigenvalue weighted by molar-refractivity contribution is 6.06. The zero-order valence-electron chi connectivity index (χ0n) is 12.2. The van der Waals surface area contributed by atoms with Gasteiger partial charge in [-0.2, -0.15) is 0 Å². The van der Waals surface area contributed by atoms with E-state index in [1.165, 1.54) is 25.0 Å². The van der Waals surface area contributed by atoms with Gasteiger partial charge in [0.15, 0.2) is 0 Å². The molecule has 110 valence electrons. The molecular weight excluding hydrogens is 267 g/mol. The molecule has 3 nitrogen and oxygen atoms in total. The first kappa shape index (κ1) is 14.0.